The summed E-state index contributed by atoms with van der Waals surface area (Å²) in [6.45, 7) is 12.3. The molecule has 12 heteroatoms. The van der Waals surface area contributed by atoms with Crippen LogP contribution < -0.4 is 10.9 Å². The molecule has 0 saturated heterocycles. The fourth-order valence-corrected chi connectivity index (χ4v) is 2.22. The van der Waals surface area contributed by atoms with E-state index in [1.54, 1.807) is 54.5 Å². The van der Waals surface area contributed by atoms with Crippen LogP contribution in [0.15, 0.2) is 77.0 Å². The number of nitrogens with zero attached hydrogens (tertiary/aromatic N) is 3. The van der Waals surface area contributed by atoms with E-state index >= 15 is 0 Å². The topological polar surface area (TPSA) is 182 Å². The van der Waals surface area contributed by atoms with E-state index in [1.165, 1.54) is 43.6 Å². The summed E-state index contributed by atoms with van der Waals surface area (Å²) in [5, 5.41) is 29.9. The van der Waals surface area contributed by atoms with Crippen molar-refractivity contribution in [1.82, 2.24) is 20.6 Å². The van der Waals surface area contributed by atoms with Gasteiger partial charge in [-0.25, -0.2) is 0 Å². The molecule has 220 valence electrons. The van der Waals surface area contributed by atoms with Crippen molar-refractivity contribution < 1.29 is 27.9 Å². The molecule has 5 heterocycles. The second-order valence-corrected chi connectivity index (χ2v) is 7.92. The molecule has 5 aromatic heterocycles. The molecule has 0 aliphatic carbocycles. The quantitative estimate of drug-likeness (QED) is 0.205. The summed E-state index contributed by atoms with van der Waals surface area (Å²) in [6.07, 6.45) is 8.47. The van der Waals surface area contributed by atoms with Crippen molar-refractivity contribution in [2.45, 2.75) is 63.3 Å². The minimum Gasteiger partial charge on any atom is -0.505 e. The summed E-state index contributed by atoms with van der Waals surface area (Å²) >= 11 is 0. The van der Waals surface area contributed by atoms with E-state index in [4.69, 9.17) is 23.5 Å². The summed E-state index contributed by atoms with van der Waals surface area (Å²) in [5.74, 6) is 2.48. The van der Waals surface area contributed by atoms with E-state index in [2.05, 4.69) is 25.0 Å². The Labute approximate surface area is 233 Å². The Morgan fingerprint density at radius 1 is 0.675 bits per heavy atom. The number of aromatic hydroxyl groups is 2. The number of H-pyrrole nitrogens is 1. The highest BCUT2D eigenvalue weighted by Gasteiger charge is 1.95. The Bertz CT molecular complexity index is 1410. The molecule has 0 aliphatic heterocycles. The lowest BCUT2D eigenvalue weighted by molar-refractivity contribution is 0.455. The van der Waals surface area contributed by atoms with E-state index in [0.717, 1.165) is 11.3 Å². The molecule has 5 aromatic rings. The minimum atomic E-state index is 0. The van der Waals surface area contributed by atoms with Gasteiger partial charge in [0.05, 0.1) is 25.1 Å². The maximum Gasteiger partial charge on any atom is 0.190 e. The zero-order valence-electron chi connectivity index (χ0n) is 22.3. The van der Waals surface area contributed by atoms with Gasteiger partial charge in [0.25, 0.3) is 0 Å². The number of hydrogen-bond donors (Lipinski definition) is 3. The number of nitrogens with one attached hydrogen (secondary N) is 1. The normalized spacial score (nSPS) is 8.88. The number of furan rings is 2. The van der Waals surface area contributed by atoms with Gasteiger partial charge in [0.2, 0.25) is 0 Å². The number of rotatable bonds is 0. The summed E-state index contributed by atoms with van der Waals surface area (Å²) < 4.78 is 19.1. The predicted molar refractivity (Wildman–Crippen MR) is 152 cm³/mol. The van der Waals surface area contributed by atoms with Gasteiger partial charge in [-0.3, -0.25) is 9.59 Å². The van der Waals surface area contributed by atoms with Crippen LogP contribution in [-0.2, 0) is 0 Å². The Kier molecular flexibility index (Phi) is 17.9. The van der Waals surface area contributed by atoms with Gasteiger partial charge >= 0.3 is 0 Å². The van der Waals surface area contributed by atoms with E-state index in [0.29, 0.717) is 28.3 Å². The molecule has 0 radical (unpaired) electrons. The molecule has 0 atom stereocenters. The van der Waals surface area contributed by atoms with Crippen LogP contribution in [0.4, 0.5) is 0 Å². The Morgan fingerprint density at radius 3 is 1.45 bits per heavy atom. The van der Waals surface area contributed by atoms with E-state index in [1.807, 2.05) is 0 Å². The third-order valence-electron chi connectivity index (χ3n) is 4.35. The monoisotopic (exact) mass is 560 g/mol. The summed E-state index contributed by atoms with van der Waals surface area (Å²) in [6, 6.07) is 3.04. The summed E-state index contributed by atoms with van der Waals surface area (Å²) in [5.41, 5.74) is 2.87. The first-order chi connectivity index (χ1) is 17.9. The van der Waals surface area contributed by atoms with Crippen LogP contribution in [0.3, 0.4) is 0 Å². The van der Waals surface area contributed by atoms with Gasteiger partial charge in [-0.1, -0.05) is 20.1 Å². The Hall–Kier alpha value is -4.87. The van der Waals surface area contributed by atoms with E-state index in [9.17, 15) is 9.59 Å². The molecule has 0 unspecified atom stereocenters. The van der Waals surface area contributed by atoms with Crippen molar-refractivity contribution in [1.29, 1.82) is 0 Å². The predicted octanol–water partition coefficient (Wildman–Crippen LogP) is 5.88. The van der Waals surface area contributed by atoms with Crippen LogP contribution in [0.2, 0.25) is 0 Å². The third-order valence-corrected chi connectivity index (χ3v) is 4.35. The molecular weight excluding hydrogens is 520 g/mol. The average molecular weight is 561 g/mol. The van der Waals surface area contributed by atoms with Crippen molar-refractivity contribution in [3.63, 3.8) is 0 Å². The molecular formula is C28H40N4O8. The maximum absolute atomic E-state index is 10.9. The minimum absolute atomic E-state index is 0. The zero-order chi connectivity index (χ0) is 28.7. The van der Waals surface area contributed by atoms with Crippen molar-refractivity contribution >= 4 is 0 Å². The van der Waals surface area contributed by atoms with Gasteiger partial charge in [-0.15, -0.1) is 10.2 Å². The lowest BCUT2D eigenvalue weighted by atomic mass is 10.2. The van der Waals surface area contributed by atoms with Crippen molar-refractivity contribution in [3.05, 3.63) is 110 Å². The van der Waals surface area contributed by atoms with Crippen LogP contribution in [0.1, 0.15) is 54.5 Å². The first-order valence-corrected chi connectivity index (χ1v) is 11.2. The molecule has 0 amide bonds. The van der Waals surface area contributed by atoms with Crippen molar-refractivity contribution in [2.24, 2.45) is 0 Å². The number of hydrogen-bond acceptors (Lipinski definition) is 11. The molecule has 12 nitrogen and oxygen atoms in total. The molecule has 5 rings (SSSR count). The summed E-state index contributed by atoms with van der Waals surface area (Å²) in [7, 11) is 0. The Morgan fingerprint density at radius 2 is 1.20 bits per heavy atom. The third kappa shape index (κ3) is 14.8. The molecule has 0 aliphatic rings. The largest absolute Gasteiger partial charge is 0.505 e. The van der Waals surface area contributed by atoms with E-state index < -0.39 is 0 Å². The molecule has 0 aromatic carbocycles. The number of aryl methyl sites for hydroxylation is 7. The number of tetrazole rings is 1. The highest BCUT2D eigenvalue weighted by atomic mass is 16.4. The maximum atomic E-state index is 10.9. The molecule has 40 heavy (non-hydrogen) atoms. The fourth-order valence-electron chi connectivity index (χ4n) is 2.22. The SMILES string of the molecule is C.C.Cc1cc(=O)c(C)co1.Cc1cc(O)co1.Cc1cocc(C)c1=O.Cc1cocc1O.Cc1nn[nH]n1. The molecule has 0 saturated carbocycles. The number of aromatic amines is 1. The van der Waals surface area contributed by atoms with Crippen molar-refractivity contribution in [2.75, 3.05) is 0 Å². The van der Waals surface area contributed by atoms with Crippen LogP contribution >= 0.6 is 0 Å². The molecule has 0 bridgehead atoms. The summed E-state index contributed by atoms with van der Waals surface area (Å²) in [4.78, 5) is 21.7. The lowest BCUT2D eigenvalue weighted by Crippen LogP contribution is -2.06. The van der Waals surface area contributed by atoms with Gasteiger partial charge in [-0.05, 0) is 48.5 Å². The average Bonchev–Trinajstić information content (AvgIpc) is 3.60. The smallest absolute Gasteiger partial charge is 0.190 e. The second kappa shape index (κ2) is 19.2. The lowest BCUT2D eigenvalue weighted by Gasteiger charge is -1.89. The highest BCUT2D eigenvalue weighted by Crippen LogP contribution is 2.14. The van der Waals surface area contributed by atoms with Crippen LogP contribution in [0, 0.1) is 48.5 Å². The second-order valence-electron chi connectivity index (χ2n) is 7.92. The molecule has 3 N–H and O–H groups in total. The first kappa shape index (κ1) is 37.3. The van der Waals surface area contributed by atoms with Crippen LogP contribution in [-0.4, -0.2) is 30.8 Å². The zero-order valence-corrected chi connectivity index (χ0v) is 22.3. The van der Waals surface area contributed by atoms with Gasteiger partial charge in [0.1, 0.15) is 24.0 Å². The van der Waals surface area contributed by atoms with Gasteiger partial charge in [0.15, 0.2) is 28.2 Å². The molecule has 0 fully saturated rings. The molecule has 0 spiro atoms. The van der Waals surface area contributed by atoms with Crippen molar-refractivity contribution in [3.8, 4) is 11.5 Å². The van der Waals surface area contributed by atoms with Gasteiger partial charge in [-0.2, -0.15) is 5.21 Å². The number of aromatic nitrogens is 4. The first-order valence-electron chi connectivity index (χ1n) is 11.2. The van der Waals surface area contributed by atoms with Gasteiger partial charge < -0.3 is 27.9 Å². The Balaban J connectivity index is 0. The highest BCUT2D eigenvalue weighted by molar-refractivity contribution is 5.23. The standard InChI is InChI=1S/2C7H8O2.2C5H6O2.C2H4N4.2CH4/c1-5-4-9-6(2)3-7(5)8;1-5-3-9-4-6(2)7(5)8;1-4-2-7-3-5(4)6;1-4-2-5(6)3-7-4;1-2-3-5-6-4-2;;/h2*3-4H,1-2H3;2*2-3,6H,1H3;1H3,(H,3,4,5,6);2*1H4. The van der Waals surface area contributed by atoms with Crippen LogP contribution in [0.5, 0.6) is 11.5 Å². The van der Waals surface area contributed by atoms with Gasteiger partial charge in [0, 0.05) is 34.4 Å². The van der Waals surface area contributed by atoms with Crippen LogP contribution in [0.25, 0.3) is 0 Å². The fraction of sp³-hybridized carbons (Fsp3) is 0.321. The van der Waals surface area contributed by atoms with E-state index in [-0.39, 0.29) is 37.2 Å².